The van der Waals surface area contributed by atoms with Gasteiger partial charge >= 0.3 is 24.8 Å². The Balaban J connectivity index is 0.000000198. The molecule has 2 fully saturated rings. The lowest BCUT2D eigenvalue weighted by atomic mass is 10.3. The van der Waals surface area contributed by atoms with Crippen LogP contribution in [0.2, 0.25) is 5.15 Å². The van der Waals surface area contributed by atoms with Crippen molar-refractivity contribution in [3.63, 3.8) is 0 Å². The number of ether oxygens (including phenoxy) is 2. The first-order valence-electron chi connectivity index (χ1n) is 14.8. The number of rotatable bonds is 9. The van der Waals surface area contributed by atoms with E-state index in [-0.39, 0.29) is 45.9 Å². The number of urea groups is 2. The number of nitrogens with zero attached hydrogens (tertiary/aromatic N) is 4. The van der Waals surface area contributed by atoms with Gasteiger partial charge in [0.25, 0.3) is 0 Å². The monoisotopic (exact) mass is 741 g/mol. The van der Waals surface area contributed by atoms with Crippen LogP contribution in [0.4, 0.5) is 65.0 Å². The average molecular weight is 742 g/mol. The third-order valence-corrected chi connectivity index (χ3v) is 6.90. The minimum absolute atomic E-state index is 0.0134. The highest BCUT2D eigenvalue weighted by atomic mass is 35.5. The summed E-state index contributed by atoms with van der Waals surface area (Å²) < 4.78 is 80.1. The summed E-state index contributed by atoms with van der Waals surface area (Å²) in [6, 6.07) is 11.3. The molecule has 0 saturated heterocycles. The predicted molar refractivity (Wildman–Crippen MR) is 170 cm³/mol. The molecule has 0 atom stereocenters. The maximum absolute atomic E-state index is 12.1. The molecule has 0 unspecified atom stereocenters. The Morgan fingerprint density at radius 3 is 1.45 bits per heavy atom. The van der Waals surface area contributed by atoms with Crippen molar-refractivity contribution in [3.05, 3.63) is 77.2 Å². The Morgan fingerprint density at radius 1 is 0.647 bits per heavy atom. The molecule has 0 spiro atoms. The Hall–Kier alpha value is -5.63. The van der Waals surface area contributed by atoms with E-state index in [9.17, 15) is 35.9 Å². The zero-order valence-corrected chi connectivity index (χ0v) is 26.5. The van der Waals surface area contributed by atoms with Gasteiger partial charge in [-0.3, -0.25) is 21.3 Å². The second-order valence-corrected chi connectivity index (χ2v) is 11.3. The van der Waals surface area contributed by atoms with Gasteiger partial charge in [-0.25, -0.2) is 24.5 Å². The highest BCUT2D eigenvalue weighted by molar-refractivity contribution is 6.29. The van der Waals surface area contributed by atoms with E-state index in [4.69, 9.17) is 16.8 Å². The van der Waals surface area contributed by atoms with Gasteiger partial charge in [0.15, 0.2) is 5.82 Å². The second kappa shape index (κ2) is 15.5. The molecule has 2 heterocycles. The topological polar surface area (TPSA) is 185 Å². The van der Waals surface area contributed by atoms with Gasteiger partial charge < -0.3 is 20.1 Å². The van der Waals surface area contributed by atoms with Crippen LogP contribution in [-0.2, 0) is 0 Å². The minimum Gasteiger partial charge on any atom is -0.406 e. The summed E-state index contributed by atoms with van der Waals surface area (Å²) in [6.45, 7) is 0. The normalized spacial score (nSPS) is 14.0. The van der Waals surface area contributed by atoms with E-state index in [0.717, 1.165) is 55.6 Å². The highest BCUT2D eigenvalue weighted by Gasteiger charge is 2.32. The van der Waals surface area contributed by atoms with Gasteiger partial charge in [-0.1, -0.05) is 11.6 Å². The molecule has 2 saturated carbocycles. The SMILES string of the molecule is O=C(Nc1ccc(OC(F)(F)F)cc1)Nc1nc(Cl)cc(C2CC2)n1.O=C(Nc1ccc(OC(F)(F)F)cc1)Nc1nc(NO)cc(C2CC2)n1. The average Bonchev–Trinajstić information content (AvgIpc) is 3.95. The first-order chi connectivity index (χ1) is 24.1. The summed E-state index contributed by atoms with van der Waals surface area (Å²) in [5.41, 5.74) is 3.89. The zero-order valence-electron chi connectivity index (χ0n) is 25.8. The number of carbonyl (C=O) groups is 2. The fourth-order valence-corrected chi connectivity index (χ4v) is 4.45. The fourth-order valence-electron chi connectivity index (χ4n) is 4.25. The third-order valence-electron chi connectivity index (χ3n) is 6.71. The van der Waals surface area contributed by atoms with E-state index in [1.807, 2.05) is 5.48 Å². The van der Waals surface area contributed by atoms with Crippen LogP contribution in [0.1, 0.15) is 48.9 Å². The molecule has 6 N–H and O–H groups in total. The Labute approximate surface area is 288 Å². The molecule has 2 aromatic carbocycles. The molecule has 2 aliphatic rings. The lowest BCUT2D eigenvalue weighted by Crippen LogP contribution is -2.21. The number of aromatic nitrogens is 4. The van der Waals surface area contributed by atoms with Crippen molar-refractivity contribution in [2.45, 2.75) is 50.2 Å². The molecule has 4 aromatic rings. The molecule has 2 aromatic heterocycles. The standard InChI is InChI=1S/C15H12ClF3N4O2.C15H14F3N5O3/c16-12-7-11(8-1-2-8)21-13(22-12)23-14(24)20-9-3-5-10(6-4-9)25-15(17,18)19;16-15(17,18)26-10-5-3-9(4-6-10)19-14(24)22-13-20-11(8-1-2-8)7-12(21-13)23-25/h3-8H,1-2H2,(H2,20,21,22,23,24);3-8,25H,1-2H2,(H3,19,20,21,22,23,24). The largest absolute Gasteiger partial charge is 0.573 e. The van der Waals surface area contributed by atoms with Crippen molar-refractivity contribution in [1.29, 1.82) is 0 Å². The maximum atomic E-state index is 12.1. The third kappa shape index (κ3) is 12.3. The molecule has 14 nitrogen and oxygen atoms in total. The van der Waals surface area contributed by atoms with Gasteiger partial charge in [-0.15, -0.1) is 26.3 Å². The minimum atomic E-state index is -4.78. The number of hydrogen-bond donors (Lipinski definition) is 6. The highest BCUT2D eigenvalue weighted by Crippen LogP contribution is 2.40. The Kier molecular flexibility index (Phi) is 11.1. The van der Waals surface area contributed by atoms with Crippen LogP contribution in [0.25, 0.3) is 0 Å². The van der Waals surface area contributed by atoms with Gasteiger partial charge in [0.1, 0.15) is 16.7 Å². The number of benzene rings is 2. The lowest BCUT2D eigenvalue weighted by molar-refractivity contribution is -0.275. The quantitative estimate of drug-likeness (QED) is 0.0555. The molecular formula is C30H26ClF6N9O5. The summed E-state index contributed by atoms with van der Waals surface area (Å²) in [4.78, 5) is 40.2. The van der Waals surface area contributed by atoms with Gasteiger partial charge in [-0.05, 0) is 80.3 Å². The number of hydrogen-bond acceptors (Lipinski definition) is 10. The summed E-state index contributed by atoms with van der Waals surface area (Å²) in [5.74, 6) is 0.0173. The van der Waals surface area contributed by atoms with Crippen molar-refractivity contribution in [3.8, 4) is 11.5 Å². The zero-order chi connectivity index (χ0) is 36.8. The number of alkyl halides is 6. The number of anilines is 5. The van der Waals surface area contributed by atoms with E-state index in [1.54, 1.807) is 12.1 Å². The number of amides is 4. The van der Waals surface area contributed by atoms with Crippen LogP contribution in [0.15, 0.2) is 60.7 Å². The van der Waals surface area contributed by atoms with Crippen LogP contribution in [0.3, 0.4) is 0 Å². The molecule has 2 aliphatic carbocycles. The molecule has 0 bridgehead atoms. The van der Waals surface area contributed by atoms with E-state index in [1.165, 1.54) is 24.3 Å². The Bertz CT molecular complexity index is 1840. The van der Waals surface area contributed by atoms with Gasteiger partial charge in [0, 0.05) is 29.3 Å². The van der Waals surface area contributed by atoms with Crippen LogP contribution in [0.5, 0.6) is 11.5 Å². The molecule has 6 rings (SSSR count). The van der Waals surface area contributed by atoms with E-state index in [0.29, 0.717) is 11.6 Å². The van der Waals surface area contributed by atoms with E-state index < -0.39 is 30.5 Å². The first kappa shape index (κ1) is 36.6. The predicted octanol–water partition coefficient (Wildman–Crippen LogP) is 8.25. The molecule has 0 radical (unpaired) electrons. The first-order valence-corrected chi connectivity index (χ1v) is 15.2. The summed E-state index contributed by atoms with van der Waals surface area (Å²) >= 11 is 5.91. The van der Waals surface area contributed by atoms with Gasteiger partial charge in [0.2, 0.25) is 11.9 Å². The molecule has 0 aliphatic heterocycles. The van der Waals surface area contributed by atoms with Crippen LogP contribution in [-0.4, -0.2) is 49.9 Å². The van der Waals surface area contributed by atoms with Gasteiger partial charge in [-0.2, -0.15) is 4.98 Å². The van der Waals surface area contributed by atoms with Crippen molar-refractivity contribution in [2.75, 3.05) is 26.7 Å². The molecule has 21 heteroatoms. The maximum Gasteiger partial charge on any atom is 0.573 e. The van der Waals surface area contributed by atoms with Crippen LogP contribution >= 0.6 is 11.6 Å². The number of nitrogens with one attached hydrogen (secondary N) is 5. The van der Waals surface area contributed by atoms with Gasteiger partial charge in [0.05, 0.1) is 11.4 Å². The number of carbonyl (C=O) groups excluding carboxylic acids is 2. The van der Waals surface area contributed by atoms with Crippen LogP contribution < -0.4 is 36.2 Å². The lowest BCUT2D eigenvalue weighted by Gasteiger charge is -2.11. The fraction of sp³-hybridized carbons (Fsp3) is 0.267. The van der Waals surface area contributed by atoms with Crippen molar-refractivity contribution in [1.82, 2.24) is 19.9 Å². The van der Waals surface area contributed by atoms with Crippen LogP contribution in [0, 0.1) is 0 Å². The summed E-state index contributed by atoms with van der Waals surface area (Å²) in [6.07, 6.45) is -5.57. The Morgan fingerprint density at radius 2 is 1.06 bits per heavy atom. The second-order valence-electron chi connectivity index (χ2n) is 10.9. The molecule has 4 amide bonds. The van der Waals surface area contributed by atoms with Crippen molar-refractivity contribution in [2.24, 2.45) is 0 Å². The van der Waals surface area contributed by atoms with E-state index >= 15 is 0 Å². The molecular weight excluding hydrogens is 716 g/mol. The number of halogens is 7. The van der Waals surface area contributed by atoms with Crippen molar-refractivity contribution < 1.29 is 50.6 Å². The molecule has 51 heavy (non-hydrogen) atoms. The summed E-state index contributed by atoms with van der Waals surface area (Å²) in [7, 11) is 0. The van der Waals surface area contributed by atoms with E-state index in [2.05, 4.69) is 50.7 Å². The van der Waals surface area contributed by atoms with Crippen molar-refractivity contribution >= 4 is 52.8 Å². The smallest absolute Gasteiger partial charge is 0.406 e. The summed E-state index contributed by atoms with van der Waals surface area (Å²) in [5, 5.41) is 19.0. The molecule has 270 valence electrons.